The standard InChI is InChI=1S/C25H28N2O3S/c1-19-9-13-24(14-10-19)31(29,30)27(16-15-22-7-5-4-6-8-22)18-25(28)26-23-12-11-20(2)21(3)17-23/h4-14,17H,15-16,18H2,1-3H3,(H,26,28). The van der Waals surface area contributed by atoms with Crippen LogP contribution in [-0.2, 0) is 21.2 Å². The monoisotopic (exact) mass is 436 g/mol. The second kappa shape index (κ2) is 9.90. The topological polar surface area (TPSA) is 66.5 Å². The molecule has 0 atom stereocenters. The Bertz CT molecular complexity index is 1140. The number of rotatable bonds is 8. The van der Waals surface area contributed by atoms with E-state index in [9.17, 15) is 13.2 Å². The number of sulfonamides is 1. The number of hydrogen-bond donors (Lipinski definition) is 1. The SMILES string of the molecule is Cc1ccc(S(=O)(=O)N(CCc2ccccc2)CC(=O)Nc2ccc(C)c(C)c2)cc1. The Morgan fingerprint density at radius 1 is 0.871 bits per heavy atom. The summed E-state index contributed by atoms with van der Waals surface area (Å²) in [5, 5.41) is 2.83. The van der Waals surface area contributed by atoms with Crippen LogP contribution in [0.2, 0.25) is 0 Å². The summed E-state index contributed by atoms with van der Waals surface area (Å²) in [5.74, 6) is -0.369. The van der Waals surface area contributed by atoms with Gasteiger partial charge in [-0.05, 0) is 68.1 Å². The Morgan fingerprint density at radius 3 is 2.19 bits per heavy atom. The third-order valence-corrected chi connectivity index (χ3v) is 7.12. The van der Waals surface area contributed by atoms with Gasteiger partial charge < -0.3 is 5.32 Å². The molecule has 0 heterocycles. The normalized spacial score (nSPS) is 11.5. The van der Waals surface area contributed by atoms with Crippen LogP contribution in [0.3, 0.4) is 0 Å². The fourth-order valence-electron chi connectivity index (χ4n) is 3.22. The smallest absolute Gasteiger partial charge is 0.243 e. The molecule has 1 N–H and O–H groups in total. The number of carbonyl (C=O) groups is 1. The van der Waals surface area contributed by atoms with Crippen molar-refractivity contribution in [2.75, 3.05) is 18.4 Å². The van der Waals surface area contributed by atoms with Gasteiger partial charge in [0.25, 0.3) is 0 Å². The summed E-state index contributed by atoms with van der Waals surface area (Å²) in [5.41, 5.74) is 4.84. The lowest BCUT2D eigenvalue weighted by molar-refractivity contribution is -0.116. The third kappa shape index (κ3) is 6.03. The van der Waals surface area contributed by atoms with Crippen LogP contribution in [0.1, 0.15) is 22.3 Å². The summed E-state index contributed by atoms with van der Waals surface area (Å²) >= 11 is 0. The van der Waals surface area contributed by atoms with Gasteiger partial charge in [-0.25, -0.2) is 8.42 Å². The van der Waals surface area contributed by atoms with Gasteiger partial charge in [-0.1, -0.05) is 54.1 Å². The molecule has 162 valence electrons. The van der Waals surface area contributed by atoms with Crippen molar-refractivity contribution in [1.29, 1.82) is 0 Å². The van der Waals surface area contributed by atoms with E-state index in [4.69, 9.17) is 0 Å². The van der Waals surface area contributed by atoms with Crippen LogP contribution < -0.4 is 5.32 Å². The zero-order valence-corrected chi connectivity index (χ0v) is 18.9. The summed E-state index contributed by atoms with van der Waals surface area (Å²) < 4.78 is 27.8. The summed E-state index contributed by atoms with van der Waals surface area (Å²) in [4.78, 5) is 12.9. The predicted molar refractivity (Wildman–Crippen MR) is 125 cm³/mol. The summed E-state index contributed by atoms with van der Waals surface area (Å²) in [7, 11) is -3.82. The first-order valence-electron chi connectivity index (χ1n) is 10.2. The second-order valence-electron chi connectivity index (χ2n) is 7.73. The molecule has 3 aromatic carbocycles. The maximum absolute atomic E-state index is 13.3. The van der Waals surface area contributed by atoms with Gasteiger partial charge in [-0.2, -0.15) is 4.31 Å². The van der Waals surface area contributed by atoms with Crippen molar-refractivity contribution in [1.82, 2.24) is 4.31 Å². The van der Waals surface area contributed by atoms with E-state index in [2.05, 4.69) is 5.32 Å². The Balaban J connectivity index is 1.81. The lowest BCUT2D eigenvalue weighted by atomic mass is 10.1. The quantitative estimate of drug-likeness (QED) is 0.566. The minimum atomic E-state index is -3.82. The predicted octanol–water partition coefficient (Wildman–Crippen LogP) is 4.48. The molecule has 0 aromatic heterocycles. The molecule has 1 amide bonds. The molecular weight excluding hydrogens is 408 g/mol. The highest BCUT2D eigenvalue weighted by atomic mass is 32.2. The zero-order valence-electron chi connectivity index (χ0n) is 18.1. The van der Waals surface area contributed by atoms with E-state index >= 15 is 0 Å². The third-order valence-electron chi connectivity index (χ3n) is 5.26. The first kappa shape index (κ1) is 22.7. The van der Waals surface area contributed by atoms with Crippen LogP contribution in [0.5, 0.6) is 0 Å². The van der Waals surface area contributed by atoms with Gasteiger partial charge in [0.05, 0.1) is 11.4 Å². The van der Waals surface area contributed by atoms with Crippen LogP contribution >= 0.6 is 0 Å². The molecule has 3 rings (SSSR count). The average molecular weight is 437 g/mol. The highest BCUT2D eigenvalue weighted by Gasteiger charge is 2.26. The molecule has 0 bridgehead atoms. The molecule has 0 saturated carbocycles. The molecule has 31 heavy (non-hydrogen) atoms. The van der Waals surface area contributed by atoms with E-state index < -0.39 is 10.0 Å². The molecule has 0 aliphatic heterocycles. The number of nitrogens with zero attached hydrogens (tertiary/aromatic N) is 1. The van der Waals surface area contributed by atoms with E-state index in [1.54, 1.807) is 24.3 Å². The summed E-state index contributed by atoms with van der Waals surface area (Å²) in [6.07, 6.45) is 0.517. The number of anilines is 1. The molecular formula is C25H28N2O3S. The number of amides is 1. The molecule has 0 spiro atoms. The molecule has 0 aliphatic rings. The Hall–Kier alpha value is -2.96. The second-order valence-corrected chi connectivity index (χ2v) is 9.67. The average Bonchev–Trinajstić information content (AvgIpc) is 2.74. The molecule has 5 nitrogen and oxygen atoms in total. The summed E-state index contributed by atoms with van der Waals surface area (Å²) in [6, 6.07) is 22.0. The first-order chi connectivity index (χ1) is 14.8. The Kier molecular flexibility index (Phi) is 7.25. The largest absolute Gasteiger partial charge is 0.325 e. The Labute approximate surface area is 184 Å². The van der Waals surface area contributed by atoms with Gasteiger partial charge in [-0.3, -0.25) is 4.79 Å². The lowest BCUT2D eigenvalue weighted by Gasteiger charge is -2.22. The lowest BCUT2D eigenvalue weighted by Crippen LogP contribution is -2.39. The fraction of sp³-hybridized carbons (Fsp3) is 0.240. The fourth-order valence-corrected chi connectivity index (χ4v) is 4.62. The number of carbonyl (C=O) groups excluding carboxylic acids is 1. The first-order valence-corrected chi connectivity index (χ1v) is 11.7. The van der Waals surface area contributed by atoms with Crippen molar-refractivity contribution in [2.24, 2.45) is 0 Å². The molecule has 3 aromatic rings. The van der Waals surface area contributed by atoms with Crippen LogP contribution in [-0.4, -0.2) is 31.7 Å². The van der Waals surface area contributed by atoms with Gasteiger partial charge in [0.2, 0.25) is 15.9 Å². The number of aryl methyl sites for hydroxylation is 3. The molecule has 6 heteroatoms. The van der Waals surface area contributed by atoms with Crippen LogP contribution in [0.15, 0.2) is 77.7 Å². The number of nitrogens with one attached hydrogen (secondary N) is 1. The minimum Gasteiger partial charge on any atom is -0.325 e. The van der Waals surface area contributed by atoms with Crippen molar-refractivity contribution in [3.8, 4) is 0 Å². The highest BCUT2D eigenvalue weighted by Crippen LogP contribution is 2.18. The van der Waals surface area contributed by atoms with Gasteiger partial charge in [0, 0.05) is 12.2 Å². The van der Waals surface area contributed by atoms with Crippen LogP contribution in [0.25, 0.3) is 0 Å². The van der Waals surface area contributed by atoms with E-state index in [1.165, 1.54) is 4.31 Å². The van der Waals surface area contributed by atoms with E-state index in [0.29, 0.717) is 12.1 Å². The maximum atomic E-state index is 13.3. The molecule has 0 saturated heterocycles. The highest BCUT2D eigenvalue weighted by molar-refractivity contribution is 7.89. The van der Waals surface area contributed by atoms with E-state index in [-0.39, 0.29) is 23.9 Å². The van der Waals surface area contributed by atoms with E-state index in [1.807, 2.05) is 69.3 Å². The van der Waals surface area contributed by atoms with Gasteiger partial charge >= 0.3 is 0 Å². The molecule has 0 radical (unpaired) electrons. The maximum Gasteiger partial charge on any atom is 0.243 e. The molecule has 0 fully saturated rings. The summed E-state index contributed by atoms with van der Waals surface area (Å²) in [6.45, 7) is 5.83. The van der Waals surface area contributed by atoms with Gasteiger partial charge in [-0.15, -0.1) is 0 Å². The van der Waals surface area contributed by atoms with Crippen molar-refractivity contribution in [3.05, 3.63) is 95.1 Å². The molecule has 0 aliphatic carbocycles. The Morgan fingerprint density at radius 2 is 1.55 bits per heavy atom. The number of benzene rings is 3. The van der Waals surface area contributed by atoms with Crippen molar-refractivity contribution >= 4 is 21.6 Å². The van der Waals surface area contributed by atoms with Gasteiger partial charge in [0.1, 0.15) is 0 Å². The number of hydrogen-bond acceptors (Lipinski definition) is 3. The molecule has 0 unspecified atom stereocenters. The van der Waals surface area contributed by atoms with Gasteiger partial charge in [0.15, 0.2) is 0 Å². The van der Waals surface area contributed by atoms with Crippen LogP contribution in [0, 0.1) is 20.8 Å². The van der Waals surface area contributed by atoms with Crippen LogP contribution in [0.4, 0.5) is 5.69 Å². The van der Waals surface area contributed by atoms with E-state index in [0.717, 1.165) is 22.3 Å². The minimum absolute atomic E-state index is 0.185. The van der Waals surface area contributed by atoms with Crippen molar-refractivity contribution in [2.45, 2.75) is 32.1 Å². The van der Waals surface area contributed by atoms with Crippen molar-refractivity contribution < 1.29 is 13.2 Å². The van der Waals surface area contributed by atoms with Crippen molar-refractivity contribution in [3.63, 3.8) is 0 Å². The zero-order chi connectivity index (χ0) is 22.4.